The summed E-state index contributed by atoms with van der Waals surface area (Å²) in [6.07, 6.45) is 18.0. The summed E-state index contributed by atoms with van der Waals surface area (Å²) < 4.78 is 0. The van der Waals surface area contributed by atoms with Gasteiger partial charge in [-0.2, -0.15) is 0 Å². The maximum absolute atomic E-state index is 10.4. The largest absolute Gasteiger partial charge is 0.481 e. The Bertz CT molecular complexity index is 338. The van der Waals surface area contributed by atoms with Crippen molar-refractivity contribution in [2.45, 2.75) is 110 Å². The van der Waals surface area contributed by atoms with E-state index in [9.17, 15) is 9.90 Å². The molecule has 2 N–H and O–H groups in total. The smallest absolute Gasteiger partial charge is 0.303 e. The Morgan fingerprint density at radius 2 is 1.52 bits per heavy atom. The average molecular weight is 355 g/mol. The van der Waals surface area contributed by atoms with Gasteiger partial charge in [0.15, 0.2) is 0 Å². The third-order valence-electron chi connectivity index (χ3n) is 5.20. The topological polar surface area (TPSA) is 57.5 Å². The fraction of sp³-hybridized carbons (Fsp3) is 0.864. The quantitative estimate of drug-likeness (QED) is 0.236. The van der Waals surface area contributed by atoms with E-state index in [0.717, 1.165) is 31.6 Å². The van der Waals surface area contributed by atoms with Crippen molar-refractivity contribution in [3.63, 3.8) is 0 Å². The van der Waals surface area contributed by atoms with E-state index in [2.05, 4.69) is 32.9 Å². The summed E-state index contributed by atoms with van der Waals surface area (Å²) in [4.78, 5) is 10.4. The summed E-state index contributed by atoms with van der Waals surface area (Å²) in [5.41, 5.74) is 0. The molecule has 0 amide bonds. The number of aliphatic hydroxyl groups is 1. The molecule has 0 radical (unpaired) electrons. The lowest BCUT2D eigenvalue weighted by atomic mass is 9.97. The molecule has 0 aliphatic rings. The van der Waals surface area contributed by atoms with Crippen LogP contribution in [-0.2, 0) is 4.79 Å². The monoisotopic (exact) mass is 354 g/mol. The van der Waals surface area contributed by atoms with Crippen LogP contribution in [-0.4, -0.2) is 22.3 Å². The van der Waals surface area contributed by atoms with Crippen LogP contribution in [0.5, 0.6) is 0 Å². The first-order valence-electron chi connectivity index (χ1n) is 10.5. The van der Waals surface area contributed by atoms with E-state index in [1.807, 2.05) is 0 Å². The number of allylic oxidation sites excluding steroid dienone is 1. The normalized spacial score (nSPS) is 15.4. The van der Waals surface area contributed by atoms with E-state index in [1.165, 1.54) is 44.9 Å². The molecule has 0 rings (SSSR count). The van der Waals surface area contributed by atoms with Gasteiger partial charge in [0.25, 0.3) is 0 Å². The number of carboxylic acids is 1. The van der Waals surface area contributed by atoms with Gasteiger partial charge in [0.05, 0.1) is 6.10 Å². The first-order chi connectivity index (χ1) is 12.0. The number of aliphatic hydroxyl groups excluding tert-OH is 1. The Morgan fingerprint density at radius 1 is 0.920 bits per heavy atom. The number of aliphatic carboxylic acids is 1. The van der Waals surface area contributed by atoms with Crippen LogP contribution < -0.4 is 0 Å². The van der Waals surface area contributed by atoms with Gasteiger partial charge < -0.3 is 10.2 Å². The predicted octanol–water partition coefficient (Wildman–Crippen LogP) is 6.35. The fourth-order valence-electron chi connectivity index (χ4n) is 3.00. The van der Waals surface area contributed by atoms with Gasteiger partial charge in [0.2, 0.25) is 0 Å². The van der Waals surface area contributed by atoms with Crippen LogP contribution in [0, 0.1) is 11.8 Å². The molecule has 0 aliphatic carbocycles. The van der Waals surface area contributed by atoms with Crippen molar-refractivity contribution in [2.24, 2.45) is 11.8 Å². The first kappa shape index (κ1) is 24.2. The number of carbonyl (C=O) groups is 1. The summed E-state index contributed by atoms with van der Waals surface area (Å²) in [6, 6.07) is 0. The second kappa shape index (κ2) is 16.6. The summed E-state index contributed by atoms with van der Waals surface area (Å²) >= 11 is 0. The molecular weight excluding hydrogens is 312 g/mol. The van der Waals surface area contributed by atoms with E-state index in [4.69, 9.17) is 5.11 Å². The Morgan fingerprint density at radius 3 is 2.20 bits per heavy atom. The predicted molar refractivity (Wildman–Crippen MR) is 107 cm³/mol. The minimum atomic E-state index is -0.729. The van der Waals surface area contributed by atoms with Crippen LogP contribution in [0.25, 0.3) is 0 Å². The van der Waals surface area contributed by atoms with Gasteiger partial charge in [-0.1, -0.05) is 84.3 Å². The third-order valence-corrected chi connectivity index (χ3v) is 5.20. The zero-order valence-electron chi connectivity index (χ0n) is 16.9. The van der Waals surface area contributed by atoms with Gasteiger partial charge in [-0.15, -0.1) is 0 Å². The van der Waals surface area contributed by atoms with E-state index in [-0.39, 0.29) is 18.4 Å². The van der Waals surface area contributed by atoms with Gasteiger partial charge >= 0.3 is 5.97 Å². The number of hydrogen-bond donors (Lipinski definition) is 2. The minimum Gasteiger partial charge on any atom is -0.481 e. The zero-order valence-corrected chi connectivity index (χ0v) is 16.9. The lowest BCUT2D eigenvalue weighted by Crippen LogP contribution is -2.15. The first-order valence-corrected chi connectivity index (χ1v) is 10.5. The van der Waals surface area contributed by atoms with Crippen molar-refractivity contribution in [1.82, 2.24) is 0 Å². The minimum absolute atomic E-state index is 0.190. The Labute approximate surface area is 155 Å². The van der Waals surface area contributed by atoms with Crippen LogP contribution in [0.2, 0.25) is 0 Å². The second-order valence-electron chi connectivity index (χ2n) is 7.71. The number of carboxylic acid groups (broad SMARTS) is 1. The van der Waals surface area contributed by atoms with Crippen molar-refractivity contribution in [3.05, 3.63) is 12.2 Å². The van der Waals surface area contributed by atoms with Crippen molar-refractivity contribution in [1.29, 1.82) is 0 Å². The summed E-state index contributed by atoms with van der Waals surface area (Å²) in [6.45, 7) is 6.68. The standard InChI is InChI=1S/C22H42O3/c1-4-19(2)15-11-8-6-5-7-9-12-16-20(3)21(23)17-13-10-14-18-22(24)25/h12,16,19-21,23H,4-11,13-15,17-18H2,1-3H3,(H,24,25)/b16-12+/t19-,20-,21+/m0/s1. The van der Waals surface area contributed by atoms with Gasteiger partial charge in [-0.3, -0.25) is 4.79 Å². The Kier molecular flexibility index (Phi) is 16.1. The molecule has 0 fully saturated rings. The molecule has 148 valence electrons. The van der Waals surface area contributed by atoms with Gasteiger partial charge in [-0.25, -0.2) is 0 Å². The third kappa shape index (κ3) is 16.4. The van der Waals surface area contributed by atoms with E-state index < -0.39 is 5.97 Å². The number of hydrogen-bond acceptors (Lipinski definition) is 2. The van der Waals surface area contributed by atoms with Crippen molar-refractivity contribution in [3.8, 4) is 0 Å². The van der Waals surface area contributed by atoms with Gasteiger partial charge in [-0.05, 0) is 37.5 Å². The molecule has 3 nitrogen and oxygen atoms in total. The highest BCUT2D eigenvalue weighted by molar-refractivity contribution is 5.66. The molecule has 3 heteroatoms. The highest BCUT2D eigenvalue weighted by Gasteiger charge is 2.10. The lowest BCUT2D eigenvalue weighted by Gasteiger charge is -2.15. The Hall–Kier alpha value is -0.830. The average Bonchev–Trinajstić information content (AvgIpc) is 2.58. The molecule has 0 aromatic carbocycles. The maximum atomic E-state index is 10.4. The molecule has 0 aromatic rings. The summed E-state index contributed by atoms with van der Waals surface area (Å²) in [5.74, 6) is 0.343. The molecule has 0 spiro atoms. The van der Waals surface area contributed by atoms with Gasteiger partial charge in [0.1, 0.15) is 0 Å². The summed E-state index contributed by atoms with van der Waals surface area (Å²) in [7, 11) is 0. The van der Waals surface area contributed by atoms with Crippen LogP contribution in [0.15, 0.2) is 12.2 Å². The summed E-state index contributed by atoms with van der Waals surface area (Å²) in [5, 5.41) is 18.7. The highest BCUT2D eigenvalue weighted by atomic mass is 16.4. The molecule has 0 heterocycles. The fourth-order valence-corrected chi connectivity index (χ4v) is 3.00. The molecule has 0 saturated carbocycles. The van der Waals surface area contributed by atoms with E-state index in [1.54, 1.807) is 0 Å². The van der Waals surface area contributed by atoms with Gasteiger partial charge in [0, 0.05) is 6.42 Å². The van der Waals surface area contributed by atoms with Crippen LogP contribution in [0.3, 0.4) is 0 Å². The molecule has 0 saturated heterocycles. The number of unbranched alkanes of at least 4 members (excludes halogenated alkanes) is 7. The lowest BCUT2D eigenvalue weighted by molar-refractivity contribution is -0.137. The zero-order chi connectivity index (χ0) is 18.9. The van der Waals surface area contributed by atoms with Crippen molar-refractivity contribution in [2.75, 3.05) is 0 Å². The molecule has 0 aliphatic heterocycles. The molecule has 0 unspecified atom stereocenters. The molecular formula is C22H42O3. The van der Waals surface area contributed by atoms with Crippen LogP contribution in [0.4, 0.5) is 0 Å². The van der Waals surface area contributed by atoms with Crippen LogP contribution in [0.1, 0.15) is 104 Å². The van der Waals surface area contributed by atoms with E-state index >= 15 is 0 Å². The van der Waals surface area contributed by atoms with E-state index in [0.29, 0.717) is 6.42 Å². The number of rotatable bonds is 17. The molecule has 0 aromatic heterocycles. The SMILES string of the molecule is CC[C@H](C)CCCCCCC/C=C/[C@H](C)[C@H](O)CCCCCC(=O)O. The van der Waals surface area contributed by atoms with Crippen molar-refractivity contribution < 1.29 is 15.0 Å². The Balaban J connectivity index is 3.52. The second-order valence-corrected chi connectivity index (χ2v) is 7.71. The maximum Gasteiger partial charge on any atom is 0.303 e. The molecule has 3 atom stereocenters. The van der Waals surface area contributed by atoms with Crippen molar-refractivity contribution >= 4 is 5.97 Å². The van der Waals surface area contributed by atoms with Crippen LogP contribution >= 0.6 is 0 Å². The highest BCUT2D eigenvalue weighted by Crippen LogP contribution is 2.16. The molecule has 25 heavy (non-hydrogen) atoms. The molecule has 0 bridgehead atoms.